The Balaban J connectivity index is 1.15. The van der Waals surface area contributed by atoms with Crippen molar-refractivity contribution in [2.24, 2.45) is 0 Å². The molecule has 2 heterocycles. The van der Waals surface area contributed by atoms with Crippen LogP contribution in [0.2, 0.25) is 0 Å². The van der Waals surface area contributed by atoms with Gasteiger partial charge in [-0.25, -0.2) is 0 Å². The summed E-state index contributed by atoms with van der Waals surface area (Å²) in [5, 5.41) is 7.29. The zero-order valence-electron chi connectivity index (χ0n) is 29.8. The van der Waals surface area contributed by atoms with Gasteiger partial charge in [0, 0.05) is 43.2 Å². The van der Waals surface area contributed by atoms with Crippen molar-refractivity contribution in [1.82, 2.24) is 0 Å². The molecule has 2 nitrogen and oxygen atoms in total. The number of anilines is 3. The topological polar surface area (TPSA) is 16.4 Å². The van der Waals surface area contributed by atoms with E-state index in [0.717, 1.165) is 61.3 Å². The maximum atomic E-state index is 6.61. The Labute approximate surface area is 322 Å². The van der Waals surface area contributed by atoms with Gasteiger partial charge in [-0.2, -0.15) is 0 Å². The van der Waals surface area contributed by atoms with Crippen LogP contribution < -0.4 is 4.90 Å². The maximum absolute atomic E-state index is 6.61. The lowest BCUT2D eigenvalue weighted by Gasteiger charge is -2.27. The first-order valence-electron chi connectivity index (χ1n) is 18.7. The summed E-state index contributed by atoms with van der Waals surface area (Å²) in [5.74, 6) is 0. The third-order valence-electron chi connectivity index (χ3n) is 10.8. The SMILES string of the molecule is c1ccc(-c2cc(-c3cccc4c3oc3ccccc34)cc(N(c3ccc(-c4ccc5ccccc5c4)cc3)c3cccc4c3sc3ccccc34)c2)cc1. The summed E-state index contributed by atoms with van der Waals surface area (Å²) in [6.45, 7) is 0. The number of thiophene rings is 1. The molecule has 2 aromatic heterocycles. The normalized spacial score (nSPS) is 11.6. The summed E-state index contributed by atoms with van der Waals surface area (Å²) >= 11 is 1.86. The lowest BCUT2D eigenvalue weighted by Crippen LogP contribution is -2.10. The Hall–Kier alpha value is -6.94. The highest BCUT2D eigenvalue weighted by molar-refractivity contribution is 7.26. The van der Waals surface area contributed by atoms with E-state index in [2.05, 4.69) is 199 Å². The first-order chi connectivity index (χ1) is 27.2. The van der Waals surface area contributed by atoms with Crippen molar-refractivity contribution in [3.63, 3.8) is 0 Å². The first-order valence-corrected chi connectivity index (χ1v) is 19.5. The number of furan rings is 1. The molecule has 258 valence electrons. The molecule has 9 aromatic carbocycles. The summed E-state index contributed by atoms with van der Waals surface area (Å²) in [7, 11) is 0. The maximum Gasteiger partial charge on any atom is 0.143 e. The van der Waals surface area contributed by atoms with Gasteiger partial charge in [0.1, 0.15) is 11.2 Å². The molecule has 0 aliphatic rings. The van der Waals surface area contributed by atoms with Gasteiger partial charge in [0.2, 0.25) is 0 Å². The molecule has 0 bridgehead atoms. The van der Waals surface area contributed by atoms with Crippen LogP contribution >= 0.6 is 11.3 Å². The van der Waals surface area contributed by atoms with E-state index in [9.17, 15) is 0 Å². The number of para-hydroxylation sites is 2. The predicted molar refractivity (Wildman–Crippen MR) is 235 cm³/mol. The van der Waals surface area contributed by atoms with Crippen molar-refractivity contribution in [3.05, 3.63) is 200 Å². The van der Waals surface area contributed by atoms with Gasteiger partial charge >= 0.3 is 0 Å². The van der Waals surface area contributed by atoms with Crippen LogP contribution in [-0.2, 0) is 0 Å². The second-order valence-corrected chi connectivity index (χ2v) is 15.2. The minimum Gasteiger partial charge on any atom is -0.455 e. The molecule has 3 heteroatoms. The molecular formula is C52H33NOS. The Kier molecular flexibility index (Phi) is 7.39. The molecule has 0 amide bonds. The van der Waals surface area contributed by atoms with Gasteiger partial charge in [-0.3, -0.25) is 0 Å². The smallest absolute Gasteiger partial charge is 0.143 e. The lowest BCUT2D eigenvalue weighted by atomic mass is 9.96. The van der Waals surface area contributed by atoms with Crippen LogP contribution in [0, 0.1) is 0 Å². The summed E-state index contributed by atoms with van der Waals surface area (Å²) in [4.78, 5) is 2.44. The van der Waals surface area contributed by atoms with Crippen LogP contribution in [0.4, 0.5) is 17.1 Å². The van der Waals surface area contributed by atoms with E-state index in [-0.39, 0.29) is 0 Å². The fraction of sp³-hybridized carbons (Fsp3) is 0. The fourth-order valence-corrected chi connectivity index (χ4v) is 9.38. The Morgan fingerprint density at radius 1 is 0.382 bits per heavy atom. The van der Waals surface area contributed by atoms with Gasteiger partial charge in [0.25, 0.3) is 0 Å². The van der Waals surface area contributed by atoms with Crippen LogP contribution in [-0.4, -0.2) is 0 Å². The van der Waals surface area contributed by atoms with Crippen molar-refractivity contribution in [3.8, 4) is 33.4 Å². The van der Waals surface area contributed by atoms with Gasteiger partial charge in [-0.15, -0.1) is 11.3 Å². The van der Waals surface area contributed by atoms with E-state index >= 15 is 0 Å². The highest BCUT2D eigenvalue weighted by Crippen LogP contribution is 2.47. The lowest BCUT2D eigenvalue weighted by molar-refractivity contribution is 0.670. The van der Waals surface area contributed by atoms with Crippen LogP contribution in [0.25, 0.3) is 86.3 Å². The molecule has 55 heavy (non-hydrogen) atoms. The highest BCUT2D eigenvalue weighted by atomic mass is 32.1. The quantitative estimate of drug-likeness (QED) is 0.170. The number of fused-ring (bicyclic) bond motifs is 7. The average Bonchev–Trinajstić information content (AvgIpc) is 3.83. The van der Waals surface area contributed by atoms with E-state index in [1.807, 2.05) is 17.4 Å². The third-order valence-corrected chi connectivity index (χ3v) is 12.0. The molecule has 0 spiro atoms. The van der Waals surface area contributed by atoms with Crippen molar-refractivity contribution in [1.29, 1.82) is 0 Å². The summed E-state index contributed by atoms with van der Waals surface area (Å²) in [6, 6.07) is 72.3. The molecule has 11 rings (SSSR count). The Morgan fingerprint density at radius 2 is 1.05 bits per heavy atom. The van der Waals surface area contributed by atoms with E-state index in [4.69, 9.17) is 4.42 Å². The van der Waals surface area contributed by atoms with Crippen LogP contribution in [0.5, 0.6) is 0 Å². The van der Waals surface area contributed by atoms with E-state index in [1.165, 1.54) is 42.1 Å². The zero-order chi connectivity index (χ0) is 36.3. The molecule has 0 radical (unpaired) electrons. The first kappa shape index (κ1) is 31.6. The van der Waals surface area contributed by atoms with Crippen molar-refractivity contribution in [2.75, 3.05) is 4.90 Å². The van der Waals surface area contributed by atoms with E-state index < -0.39 is 0 Å². The number of rotatable bonds is 6. The second-order valence-electron chi connectivity index (χ2n) is 14.1. The molecule has 0 atom stereocenters. The van der Waals surface area contributed by atoms with Gasteiger partial charge in [0.15, 0.2) is 0 Å². The van der Waals surface area contributed by atoms with Crippen molar-refractivity contribution >= 4 is 81.3 Å². The third kappa shape index (κ3) is 5.40. The molecule has 0 aliphatic heterocycles. The summed E-state index contributed by atoms with van der Waals surface area (Å²) in [6.07, 6.45) is 0. The molecule has 0 saturated carbocycles. The number of hydrogen-bond donors (Lipinski definition) is 0. The number of nitrogens with zero attached hydrogens (tertiary/aromatic N) is 1. The molecule has 0 N–H and O–H groups in total. The van der Waals surface area contributed by atoms with Gasteiger partial charge < -0.3 is 9.32 Å². The Bertz CT molecular complexity index is 3210. The molecule has 0 fully saturated rings. The molecular weight excluding hydrogens is 687 g/mol. The number of hydrogen-bond acceptors (Lipinski definition) is 3. The average molecular weight is 720 g/mol. The monoisotopic (exact) mass is 719 g/mol. The Morgan fingerprint density at radius 3 is 1.95 bits per heavy atom. The minimum absolute atomic E-state index is 0.897. The fourth-order valence-electron chi connectivity index (χ4n) is 8.18. The van der Waals surface area contributed by atoms with E-state index in [0.29, 0.717) is 0 Å². The molecule has 0 saturated heterocycles. The summed E-state index contributed by atoms with van der Waals surface area (Å²) in [5.41, 5.74) is 12.0. The number of benzene rings is 9. The minimum atomic E-state index is 0.897. The zero-order valence-corrected chi connectivity index (χ0v) is 30.6. The molecule has 11 aromatic rings. The largest absolute Gasteiger partial charge is 0.455 e. The van der Waals surface area contributed by atoms with E-state index in [1.54, 1.807) is 0 Å². The van der Waals surface area contributed by atoms with Crippen LogP contribution in [0.1, 0.15) is 0 Å². The standard InChI is InChI=1S/C52H33NOS/c1-2-12-34(13-3-1)39-31-40(43-18-10-19-46-44-16-6-8-22-49(44)54-51(43)46)33-42(32-39)53(48-21-11-20-47-45-17-7-9-23-50(45)55-52(47)48)41-28-26-36(27-29-41)38-25-24-35-14-4-5-15-37(35)30-38/h1-33H. The van der Waals surface area contributed by atoms with Crippen molar-refractivity contribution < 1.29 is 4.42 Å². The van der Waals surface area contributed by atoms with Crippen LogP contribution in [0.3, 0.4) is 0 Å². The van der Waals surface area contributed by atoms with Crippen LogP contribution in [0.15, 0.2) is 205 Å². The summed E-state index contributed by atoms with van der Waals surface area (Å²) < 4.78 is 9.16. The highest BCUT2D eigenvalue weighted by Gasteiger charge is 2.21. The van der Waals surface area contributed by atoms with Gasteiger partial charge in [-0.1, -0.05) is 146 Å². The molecule has 0 aliphatic carbocycles. The van der Waals surface area contributed by atoms with Gasteiger partial charge in [0.05, 0.1) is 10.4 Å². The second kappa shape index (κ2) is 12.9. The molecule has 0 unspecified atom stereocenters. The van der Waals surface area contributed by atoms with Crippen molar-refractivity contribution in [2.45, 2.75) is 0 Å². The van der Waals surface area contributed by atoms with Gasteiger partial charge in [-0.05, 0) is 93.2 Å². The predicted octanol–water partition coefficient (Wildman–Crippen LogP) is 15.6.